The van der Waals surface area contributed by atoms with Crippen LogP contribution in [0.3, 0.4) is 0 Å². The van der Waals surface area contributed by atoms with Gasteiger partial charge in [-0.15, -0.1) is 0 Å². The van der Waals surface area contributed by atoms with Gasteiger partial charge in [-0.3, -0.25) is 0 Å². The van der Waals surface area contributed by atoms with Crippen molar-refractivity contribution < 1.29 is 5.11 Å². The molecule has 0 amide bonds. The smallest absolute Gasteiger partial charge is 0.0841 e. The van der Waals surface area contributed by atoms with Gasteiger partial charge in [0.25, 0.3) is 0 Å². The summed E-state index contributed by atoms with van der Waals surface area (Å²) in [6.07, 6.45) is 0.189. The van der Waals surface area contributed by atoms with Crippen molar-refractivity contribution in [2.24, 2.45) is 0 Å². The minimum atomic E-state index is -0.468. The molecule has 0 radical (unpaired) electrons. The number of aliphatic hydroxyl groups is 1. The van der Waals surface area contributed by atoms with E-state index in [1.165, 1.54) is 16.7 Å². The number of benzene rings is 2. The molecule has 100 valence electrons. The van der Waals surface area contributed by atoms with Gasteiger partial charge in [-0.05, 0) is 76.9 Å². The molecule has 0 saturated heterocycles. The fourth-order valence-corrected chi connectivity index (χ4v) is 3.32. The molecule has 1 unspecified atom stereocenters. The van der Waals surface area contributed by atoms with Crippen LogP contribution in [-0.2, 0) is 6.42 Å². The molecule has 2 aromatic carbocycles. The van der Waals surface area contributed by atoms with E-state index in [1.807, 2.05) is 18.2 Å². The maximum absolute atomic E-state index is 10.5. The van der Waals surface area contributed by atoms with Crippen molar-refractivity contribution in [3.05, 3.63) is 66.7 Å². The van der Waals surface area contributed by atoms with E-state index in [9.17, 15) is 5.11 Å². The van der Waals surface area contributed by atoms with Crippen LogP contribution >= 0.6 is 38.5 Å². The Morgan fingerprint density at radius 2 is 1.79 bits per heavy atom. The fourth-order valence-electron chi connectivity index (χ4n) is 2.24. The average molecular weight is 431 g/mol. The van der Waals surface area contributed by atoms with Gasteiger partial charge in [0.1, 0.15) is 0 Å². The first-order valence-electron chi connectivity index (χ1n) is 6.17. The predicted molar refractivity (Wildman–Crippen MR) is 91.4 cm³/mol. The van der Waals surface area contributed by atoms with E-state index < -0.39 is 6.10 Å². The molecule has 0 saturated carbocycles. The highest BCUT2D eigenvalue weighted by Gasteiger charge is 2.14. The Morgan fingerprint density at radius 1 is 1.16 bits per heavy atom. The minimum absolute atomic E-state index is 0.468. The molecule has 1 atom stereocenters. The van der Waals surface area contributed by atoms with Gasteiger partial charge >= 0.3 is 0 Å². The van der Waals surface area contributed by atoms with Crippen molar-refractivity contribution in [1.82, 2.24) is 0 Å². The summed E-state index contributed by atoms with van der Waals surface area (Å²) < 4.78 is 2.10. The summed E-state index contributed by atoms with van der Waals surface area (Å²) in [6, 6.07) is 12.3. The number of hydrogen-bond acceptors (Lipinski definition) is 1. The van der Waals surface area contributed by atoms with Crippen molar-refractivity contribution in [2.45, 2.75) is 26.4 Å². The Hall–Kier alpha value is -0.390. The Balaban J connectivity index is 2.31. The molecule has 0 heterocycles. The molecular weight excluding hydrogens is 415 g/mol. The Bertz CT molecular complexity index is 575. The summed E-state index contributed by atoms with van der Waals surface area (Å²) in [6.45, 7) is 4.20. The minimum Gasteiger partial charge on any atom is -0.388 e. The third-order valence-corrected chi connectivity index (χ3v) is 4.83. The zero-order valence-electron chi connectivity index (χ0n) is 11.0. The second kappa shape index (κ2) is 6.37. The summed E-state index contributed by atoms with van der Waals surface area (Å²) >= 11 is 5.74. The van der Waals surface area contributed by atoms with Crippen molar-refractivity contribution in [1.29, 1.82) is 0 Å². The van der Waals surface area contributed by atoms with Crippen molar-refractivity contribution in [2.75, 3.05) is 0 Å². The first kappa shape index (κ1) is 15.0. The van der Waals surface area contributed by atoms with Gasteiger partial charge in [-0.1, -0.05) is 34.1 Å². The normalized spacial score (nSPS) is 12.5. The Kier molecular flexibility index (Phi) is 5.03. The van der Waals surface area contributed by atoms with Crippen LogP contribution in [0.4, 0.5) is 0 Å². The number of halogens is 2. The molecule has 1 N–H and O–H groups in total. The van der Waals surface area contributed by atoms with Crippen LogP contribution in [0.15, 0.2) is 40.9 Å². The van der Waals surface area contributed by atoms with Gasteiger partial charge in [0, 0.05) is 14.5 Å². The molecule has 0 fully saturated rings. The average Bonchev–Trinajstić information content (AvgIpc) is 2.37. The summed E-state index contributed by atoms with van der Waals surface area (Å²) in [4.78, 5) is 0. The van der Waals surface area contributed by atoms with Crippen LogP contribution < -0.4 is 0 Å². The van der Waals surface area contributed by atoms with Crippen LogP contribution in [0, 0.1) is 17.4 Å². The van der Waals surface area contributed by atoms with Gasteiger partial charge in [0.2, 0.25) is 0 Å². The highest BCUT2D eigenvalue weighted by atomic mass is 127. The topological polar surface area (TPSA) is 20.2 Å². The van der Waals surface area contributed by atoms with Gasteiger partial charge in [-0.25, -0.2) is 0 Å². The summed E-state index contributed by atoms with van der Waals surface area (Å²) in [5.41, 5.74) is 4.71. The zero-order chi connectivity index (χ0) is 14.0. The van der Waals surface area contributed by atoms with Crippen LogP contribution in [0.25, 0.3) is 0 Å². The maximum Gasteiger partial charge on any atom is 0.0841 e. The second-order valence-electron chi connectivity index (χ2n) is 4.76. The lowest BCUT2D eigenvalue weighted by Crippen LogP contribution is -2.06. The summed E-state index contributed by atoms with van der Waals surface area (Å²) in [5.74, 6) is 0. The fraction of sp³-hybridized carbons (Fsp3) is 0.250. The summed E-state index contributed by atoms with van der Waals surface area (Å²) in [7, 11) is 0. The van der Waals surface area contributed by atoms with Crippen molar-refractivity contribution in [3.8, 4) is 0 Å². The third-order valence-electron chi connectivity index (χ3n) is 3.36. The molecule has 3 heteroatoms. The molecule has 0 aliphatic carbocycles. The molecule has 2 aromatic rings. The van der Waals surface area contributed by atoms with Gasteiger partial charge < -0.3 is 5.11 Å². The lowest BCUT2D eigenvalue weighted by atomic mass is 9.95. The number of aliphatic hydroxyl groups excluding tert-OH is 1. The Labute approximate surface area is 136 Å². The van der Waals surface area contributed by atoms with E-state index in [0.717, 1.165) is 13.6 Å². The lowest BCUT2D eigenvalue weighted by molar-refractivity contribution is 0.177. The monoisotopic (exact) mass is 430 g/mol. The molecule has 0 aliphatic rings. The molecule has 19 heavy (non-hydrogen) atoms. The molecule has 0 spiro atoms. The van der Waals surface area contributed by atoms with E-state index in [4.69, 9.17) is 0 Å². The molecular formula is C16H16BrIO. The molecule has 0 aromatic heterocycles. The quantitative estimate of drug-likeness (QED) is 0.683. The van der Waals surface area contributed by atoms with E-state index in [0.29, 0.717) is 6.42 Å². The van der Waals surface area contributed by atoms with Gasteiger partial charge in [0.05, 0.1) is 6.10 Å². The van der Waals surface area contributed by atoms with E-state index in [-0.39, 0.29) is 0 Å². The molecule has 0 aliphatic heterocycles. The SMILES string of the molecule is Cc1cccc(C)c1CC(O)c1cc(Br)ccc1I. The number of rotatable bonds is 3. The van der Waals surface area contributed by atoms with E-state index >= 15 is 0 Å². The number of hydrogen-bond donors (Lipinski definition) is 1. The predicted octanol–water partition coefficient (Wildman–Crippen LogP) is 4.95. The highest BCUT2D eigenvalue weighted by molar-refractivity contribution is 14.1. The van der Waals surface area contributed by atoms with Crippen molar-refractivity contribution in [3.63, 3.8) is 0 Å². The first-order valence-corrected chi connectivity index (χ1v) is 8.04. The van der Waals surface area contributed by atoms with Crippen LogP contribution in [-0.4, -0.2) is 5.11 Å². The van der Waals surface area contributed by atoms with E-state index in [2.05, 4.69) is 70.6 Å². The molecule has 2 rings (SSSR count). The maximum atomic E-state index is 10.5. The third kappa shape index (κ3) is 3.58. The summed E-state index contributed by atoms with van der Waals surface area (Å²) in [5, 5.41) is 10.5. The van der Waals surface area contributed by atoms with Crippen LogP contribution in [0.1, 0.15) is 28.4 Å². The second-order valence-corrected chi connectivity index (χ2v) is 6.83. The van der Waals surface area contributed by atoms with Crippen molar-refractivity contribution >= 4 is 38.5 Å². The van der Waals surface area contributed by atoms with Crippen LogP contribution in [0.2, 0.25) is 0 Å². The largest absolute Gasteiger partial charge is 0.388 e. The zero-order valence-corrected chi connectivity index (χ0v) is 14.7. The standard InChI is InChI=1S/C16H16BrIO/c1-10-4-3-5-11(2)13(10)9-16(19)14-8-12(17)6-7-15(14)18/h3-8,16,19H,9H2,1-2H3. The van der Waals surface area contributed by atoms with Gasteiger partial charge in [0.15, 0.2) is 0 Å². The van der Waals surface area contributed by atoms with Crippen LogP contribution in [0.5, 0.6) is 0 Å². The molecule has 1 nitrogen and oxygen atoms in total. The van der Waals surface area contributed by atoms with E-state index in [1.54, 1.807) is 0 Å². The Morgan fingerprint density at radius 3 is 2.42 bits per heavy atom. The number of aryl methyl sites for hydroxylation is 2. The first-order chi connectivity index (χ1) is 8.99. The highest BCUT2D eigenvalue weighted by Crippen LogP contribution is 2.28. The van der Waals surface area contributed by atoms with Gasteiger partial charge in [-0.2, -0.15) is 0 Å². The molecule has 0 bridgehead atoms. The lowest BCUT2D eigenvalue weighted by Gasteiger charge is -2.16.